The van der Waals surface area contributed by atoms with Crippen molar-refractivity contribution in [3.05, 3.63) is 0 Å². The summed E-state index contributed by atoms with van der Waals surface area (Å²) >= 11 is 0.494. The molecule has 0 atom stereocenters. The van der Waals surface area contributed by atoms with E-state index < -0.39 is 0 Å². The predicted octanol–water partition coefficient (Wildman–Crippen LogP) is -2.75. The number of hydrogen-bond acceptors (Lipinski definition) is 2. The molecular weight excluding hydrogens is 217 g/mol. The Morgan fingerprint density at radius 2 is 2.38 bits per heavy atom. The van der Waals surface area contributed by atoms with Gasteiger partial charge in [0.25, 0.3) is 0 Å². The Hall–Kier alpha value is 0.650. The summed E-state index contributed by atoms with van der Waals surface area (Å²) in [6.45, 7) is 1.00. The van der Waals surface area contributed by atoms with Gasteiger partial charge in [0.05, 0.1) is 0 Å². The van der Waals surface area contributed by atoms with Crippen LogP contribution in [0.4, 0.5) is 0 Å². The molecule has 0 aliphatic carbocycles. The van der Waals surface area contributed by atoms with Crippen LogP contribution in [0.1, 0.15) is 6.42 Å². The van der Waals surface area contributed by atoms with Gasteiger partial charge in [-0.15, -0.1) is 0 Å². The van der Waals surface area contributed by atoms with Gasteiger partial charge in [0.2, 0.25) is 0 Å². The van der Waals surface area contributed by atoms with Crippen molar-refractivity contribution in [3.63, 3.8) is 0 Å². The van der Waals surface area contributed by atoms with E-state index in [0.29, 0.717) is 21.2 Å². The molecule has 0 fully saturated rings. The average molecular weight is 230 g/mol. The fourth-order valence-electron chi connectivity index (χ4n) is 0.375. The van der Waals surface area contributed by atoms with E-state index >= 15 is 0 Å². The second kappa shape index (κ2) is 7.65. The van der Waals surface area contributed by atoms with E-state index in [0.717, 1.165) is 6.54 Å². The minimum atomic E-state index is 0.494. The first-order valence-electron chi connectivity index (χ1n) is 2.61. The van der Waals surface area contributed by atoms with Gasteiger partial charge in [-0.1, -0.05) is 0 Å². The first-order valence-corrected chi connectivity index (χ1v) is 6.29. The normalized spacial score (nSPS) is 10.2. The zero-order chi connectivity index (χ0) is 6.24. The van der Waals surface area contributed by atoms with Gasteiger partial charge in [-0.05, 0) is 0 Å². The van der Waals surface area contributed by atoms with Crippen molar-refractivity contribution in [3.8, 4) is 0 Å². The van der Waals surface area contributed by atoms with Crippen LogP contribution in [0.5, 0.6) is 0 Å². The molecule has 3 heteroatoms. The molecule has 0 rings (SSSR count). The van der Waals surface area contributed by atoms with E-state index in [1.54, 1.807) is 7.11 Å². The van der Waals surface area contributed by atoms with E-state index in [1.807, 2.05) is 0 Å². The van der Waals surface area contributed by atoms with Crippen molar-refractivity contribution in [2.24, 2.45) is 0 Å². The summed E-state index contributed by atoms with van der Waals surface area (Å²) in [5, 5.41) is 0. The molecule has 0 aromatic carbocycles. The van der Waals surface area contributed by atoms with Crippen LogP contribution in [-0.4, -0.2) is 23.0 Å². The molecule has 0 saturated carbocycles. The molecule has 0 heterocycles. The van der Waals surface area contributed by atoms with Crippen LogP contribution in [0, 0.1) is 0 Å². The zero-order valence-corrected chi connectivity index (χ0v) is 7.57. The fraction of sp³-hybridized carbons (Fsp3) is 1.00. The molecule has 0 saturated heterocycles. The molecule has 0 aromatic rings. The van der Waals surface area contributed by atoms with Crippen LogP contribution in [-0.2, 0) is 4.84 Å². The first kappa shape index (κ1) is 8.65. The maximum absolute atomic E-state index is 4.65. The topological polar surface area (TPSA) is 21.3 Å². The summed E-state index contributed by atoms with van der Waals surface area (Å²) in [4.78, 5) is 6.95. The van der Waals surface area contributed by atoms with Crippen molar-refractivity contribution < 1.29 is 26.0 Å². The zero-order valence-electron chi connectivity index (χ0n) is 5.41. The van der Waals surface area contributed by atoms with Gasteiger partial charge in [0.1, 0.15) is 0 Å². The van der Waals surface area contributed by atoms with Crippen LogP contribution in [0.3, 0.4) is 0 Å². The molecule has 0 spiro atoms. The van der Waals surface area contributed by atoms with E-state index in [4.69, 9.17) is 0 Å². The van der Waals surface area contributed by atoms with Crippen molar-refractivity contribution >= 4 is 0 Å². The monoisotopic (exact) mass is 230 g/mol. The molecular formula is C5H13INO-. The van der Waals surface area contributed by atoms with Gasteiger partial charge in [-0.3, -0.25) is 0 Å². The van der Waals surface area contributed by atoms with Crippen molar-refractivity contribution in [1.82, 2.24) is 5.48 Å². The summed E-state index contributed by atoms with van der Waals surface area (Å²) in [6, 6.07) is 0. The molecule has 1 N–H and O–H groups in total. The maximum atomic E-state index is 4.65. The number of rotatable bonds is 5. The fourth-order valence-corrected chi connectivity index (χ4v) is 1.52. The van der Waals surface area contributed by atoms with Gasteiger partial charge in [-0.2, -0.15) is 0 Å². The summed E-state index contributed by atoms with van der Waals surface area (Å²) < 4.78 is 1.40. The van der Waals surface area contributed by atoms with Crippen molar-refractivity contribution in [2.45, 2.75) is 6.42 Å². The summed E-state index contributed by atoms with van der Waals surface area (Å²) in [5.41, 5.74) is 2.80. The Labute approximate surface area is 61.2 Å². The first-order chi connectivity index (χ1) is 3.91. The van der Waals surface area contributed by atoms with Crippen molar-refractivity contribution in [1.29, 1.82) is 0 Å². The van der Waals surface area contributed by atoms with Crippen LogP contribution in [0.2, 0.25) is 0 Å². The predicted molar refractivity (Wildman–Crippen MR) is 30.4 cm³/mol. The van der Waals surface area contributed by atoms with E-state index in [9.17, 15) is 0 Å². The third-order valence-electron chi connectivity index (χ3n) is 0.746. The third-order valence-corrected chi connectivity index (χ3v) is 2.59. The van der Waals surface area contributed by atoms with Crippen molar-refractivity contribution in [2.75, 3.05) is 23.0 Å². The number of nitrogens with one attached hydrogen (secondary N) is 1. The van der Waals surface area contributed by atoms with Crippen LogP contribution in [0.15, 0.2) is 0 Å². The molecule has 0 radical (unpaired) electrons. The molecule has 0 bridgehead atoms. The van der Waals surface area contributed by atoms with Crippen LogP contribution < -0.4 is 26.7 Å². The number of hydrogen-bond donors (Lipinski definition) is 1. The summed E-state index contributed by atoms with van der Waals surface area (Å²) in [5.74, 6) is 0. The molecule has 0 aromatic heterocycles. The second-order valence-corrected chi connectivity index (χ2v) is 4.01. The molecule has 0 aliphatic heterocycles. The van der Waals surface area contributed by atoms with Crippen LogP contribution >= 0.6 is 0 Å². The molecule has 0 unspecified atom stereocenters. The molecule has 8 heavy (non-hydrogen) atoms. The molecule has 0 aliphatic rings. The van der Waals surface area contributed by atoms with Gasteiger partial charge in [-0.25, -0.2) is 0 Å². The van der Waals surface area contributed by atoms with Gasteiger partial charge in [0.15, 0.2) is 0 Å². The quantitative estimate of drug-likeness (QED) is 0.239. The SMILES string of the molecule is CONCCC[I-]C. The van der Waals surface area contributed by atoms with E-state index in [2.05, 4.69) is 15.2 Å². The Balaban J connectivity index is 2.53. The van der Waals surface area contributed by atoms with Gasteiger partial charge >= 0.3 is 61.0 Å². The Morgan fingerprint density at radius 3 is 2.88 bits per heavy atom. The second-order valence-electron chi connectivity index (χ2n) is 1.41. The van der Waals surface area contributed by atoms with Crippen LogP contribution in [0.25, 0.3) is 0 Å². The van der Waals surface area contributed by atoms with Gasteiger partial charge < -0.3 is 0 Å². The molecule has 2 nitrogen and oxygen atoms in total. The standard InChI is InChI=1S/C5H13INO/c1-6-4-3-5-7-8-2/h7H,3-5H2,1-2H3/q-1. The number of hydroxylamine groups is 1. The average Bonchev–Trinajstić information content (AvgIpc) is 1.81. The molecule has 0 amide bonds. The third kappa shape index (κ3) is 6.65. The summed E-state index contributed by atoms with van der Waals surface area (Å²) in [7, 11) is 1.65. The number of alkyl halides is 2. The number of halogens is 1. The Bertz CT molecular complexity index is 37.4. The van der Waals surface area contributed by atoms with Gasteiger partial charge in [0, 0.05) is 0 Å². The Kier molecular flexibility index (Phi) is 8.27. The molecule has 52 valence electrons. The van der Waals surface area contributed by atoms with E-state index in [1.165, 1.54) is 10.8 Å². The summed E-state index contributed by atoms with van der Waals surface area (Å²) in [6.07, 6.45) is 1.26. The minimum absolute atomic E-state index is 0.494. The Morgan fingerprint density at radius 1 is 1.62 bits per heavy atom. The van der Waals surface area contributed by atoms with E-state index in [-0.39, 0.29) is 0 Å².